The summed E-state index contributed by atoms with van der Waals surface area (Å²) in [7, 11) is 7.62. The van der Waals surface area contributed by atoms with Crippen LogP contribution in [-0.4, -0.2) is 153 Å². The summed E-state index contributed by atoms with van der Waals surface area (Å²) in [5.41, 5.74) is 8.81. The van der Waals surface area contributed by atoms with Crippen LogP contribution in [-0.2, 0) is 6.42 Å². The molecule has 2 aromatic carbocycles. The minimum Gasteiger partial charge on any atom is -0.381 e. The Kier molecular flexibility index (Phi) is 10.6. The molecule has 18 heteroatoms. The number of carbonyl (C=O) groups is 2. The molecule has 6 aromatic heterocycles. The van der Waals surface area contributed by atoms with Crippen LogP contribution in [0.15, 0.2) is 54.6 Å². The number of rotatable bonds is 10. The lowest BCUT2D eigenvalue weighted by molar-refractivity contribution is 0.0957. The van der Waals surface area contributed by atoms with E-state index in [1.807, 2.05) is 39.1 Å². The van der Waals surface area contributed by atoms with Crippen molar-refractivity contribution in [3.63, 3.8) is 0 Å². The fourth-order valence-electron chi connectivity index (χ4n) is 9.90. The summed E-state index contributed by atoms with van der Waals surface area (Å²) in [5.74, 6) is 1.10. The molecule has 8 aromatic rings. The van der Waals surface area contributed by atoms with Gasteiger partial charge in [0.05, 0.1) is 33.4 Å². The molecule has 340 valence electrons. The Hall–Kier alpha value is -6.92. The largest absolute Gasteiger partial charge is 0.381 e. The number of pyridine rings is 2. The van der Waals surface area contributed by atoms with Gasteiger partial charge in [-0.1, -0.05) is 18.2 Å². The molecule has 4 N–H and O–H groups in total. The fraction of sp³-hybridized carbons (Fsp3) is 0.417. The molecule has 1 aliphatic carbocycles. The number of fused-ring (bicyclic) bond motifs is 10. The van der Waals surface area contributed by atoms with E-state index in [0.717, 1.165) is 134 Å². The topological polar surface area (TPSA) is 181 Å². The second-order valence-electron chi connectivity index (χ2n) is 18.3. The van der Waals surface area contributed by atoms with E-state index in [9.17, 15) is 9.59 Å². The van der Waals surface area contributed by atoms with Crippen molar-refractivity contribution in [1.29, 1.82) is 0 Å². The average Bonchev–Trinajstić information content (AvgIpc) is 4.06. The van der Waals surface area contributed by atoms with Crippen LogP contribution in [0.2, 0.25) is 0 Å². The van der Waals surface area contributed by atoms with Crippen LogP contribution >= 0.6 is 0 Å². The Morgan fingerprint density at radius 2 is 1.20 bits per heavy atom. The predicted octanol–water partition coefficient (Wildman–Crippen LogP) is 4.80. The molecule has 66 heavy (non-hydrogen) atoms. The highest BCUT2D eigenvalue weighted by Crippen LogP contribution is 2.39. The minimum atomic E-state index is -0.254. The number of imidazole rings is 2. The van der Waals surface area contributed by atoms with Gasteiger partial charge in [0.15, 0.2) is 34.2 Å². The van der Waals surface area contributed by atoms with Crippen molar-refractivity contribution in [2.45, 2.75) is 51.1 Å². The molecule has 0 spiro atoms. The highest BCUT2D eigenvalue weighted by molar-refractivity contribution is 6.15. The molecule has 11 rings (SSSR count). The Balaban J connectivity index is 1.03. The molecule has 8 heterocycles. The van der Waals surface area contributed by atoms with Gasteiger partial charge in [0, 0.05) is 76.2 Å². The molecule has 2 amide bonds. The van der Waals surface area contributed by atoms with Crippen molar-refractivity contribution >= 4 is 90.3 Å². The van der Waals surface area contributed by atoms with Gasteiger partial charge in [-0.2, -0.15) is 0 Å². The number of anilines is 4. The van der Waals surface area contributed by atoms with Crippen molar-refractivity contribution in [1.82, 2.24) is 59.6 Å². The van der Waals surface area contributed by atoms with E-state index in [-0.39, 0.29) is 23.9 Å². The molecular weight excluding hydrogens is 833 g/mol. The monoisotopic (exact) mass is 888 g/mol. The lowest BCUT2D eigenvalue weighted by atomic mass is 10.0. The summed E-state index contributed by atoms with van der Waals surface area (Å²) >= 11 is 0. The summed E-state index contributed by atoms with van der Waals surface area (Å²) < 4.78 is 3.95. The van der Waals surface area contributed by atoms with Crippen molar-refractivity contribution in [2.24, 2.45) is 0 Å². The molecule has 18 nitrogen and oxygen atoms in total. The maximum Gasteiger partial charge on any atom is 0.256 e. The number of benzene rings is 2. The Morgan fingerprint density at radius 3 is 1.80 bits per heavy atom. The lowest BCUT2D eigenvalue weighted by Gasteiger charge is -2.24. The minimum absolute atomic E-state index is 0.175. The number of nitrogens with zero attached hydrogens (tertiary/aromatic N) is 12. The maximum atomic E-state index is 14.1. The van der Waals surface area contributed by atoms with Crippen LogP contribution in [0, 0.1) is 0 Å². The predicted molar refractivity (Wildman–Crippen MR) is 260 cm³/mol. The highest BCUT2D eigenvalue weighted by Gasteiger charge is 2.31. The standard InChI is InChI=1S/C48H56N16O2/c1-28(51-41-31-26-37(61-18-8-16-59(4)20-22-61)55-57-43(31)63-35-11-7-6-10-33(35)53-45(63)39(41)47(65)49-2)24-29-12-15-34-36(25-29)64-44-32(27-38(56-58-44)62-19-9-17-60(5)21-23-62)42(52-30-13-14-30)40(46(64)54-34)48(66)50-3/h6-7,10-12,15,25-28,30,51-52H,8-9,13-14,16-24H2,1-5H3,(H,49,65)(H,50,66). The molecule has 0 bridgehead atoms. The molecule has 3 fully saturated rings. The van der Waals surface area contributed by atoms with Crippen LogP contribution in [0.3, 0.4) is 0 Å². The molecule has 1 saturated carbocycles. The van der Waals surface area contributed by atoms with E-state index < -0.39 is 0 Å². The third kappa shape index (κ3) is 7.37. The van der Waals surface area contributed by atoms with Crippen LogP contribution < -0.4 is 31.1 Å². The molecule has 0 radical (unpaired) electrons. The zero-order valence-electron chi connectivity index (χ0n) is 38.2. The van der Waals surface area contributed by atoms with Gasteiger partial charge in [0.1, 0.15) is 11.1 Å². The number of hydrogen-bond donors (Lipinski definition) is 4. The highest BCUT2D eigenvalue weighted by atomic mass is 16.2. The summed E-state index contributed by atoms with van der Waals surface area (Å²) in [6.07, 6.45) is 4.69. The number of amides is 2. The van der Waals surface area contributed by atoms with Crippen molar-refractivity contribution in [3.05, 3.63) is 71.3 Å². The van der Waals surface area contributed by atoms with Crippen LogP contribution in [0.25, 0.3) is 55.4 Å². The summed E-state index contributed by atoms with van der Waals surface area (Å²) in [4.78, 5) is 47.5. The van der Waals surface area contributed by atoms with Gasteiger partial charge in [0.2, 0.25) is 0 Å². The number of carbonyl (C=O) groups excluding carboxylic acids is 2. The first-order valence-corrected chi connectivity index (χ1v) is 23.3. The van der Waals surface area contributed by atoms with E-state index in [1.165, 1.54) is 0 Å². The normalized spacial score (nSPS) is 17.2. The number of nitrogens with one attached hydrogen (secondary N) is 4. The third-order valence-corrected chi connectivity index (χ3v) is 13.6. The van der Waals surface area contributed by atoms with E-state index in [4.69, 9.17) is 30.4 Å². The van der Waals surface area contributed by atoms with Gasteiger partial charge in [-0.3, -0.25) is 18.4 Å². The van der Waals surface area contributed by atoms with E-state index >= 15 is 0 Å². The number of para-hydroxylation sites is 2. The van der Waals surface area contributed by atoms with Gasteiger partial charge >= 0.3 is 0 Å². The third-order valence-electron chi connectivity index (χ3n) is 13.6. The fourth-order valence-corrected chi connectivity index (χ4v) is 9.90. The smallest absolute Gasteiger partial charge is 0.256 e. The molecule has 2 aliphatic heterocycles. The first-order valence-electron chi connectivity index (χ1n) is 23.3. The second-order valence-corrected chi connectivity index (χ2v) is 18.3. The van der Waals surface area contributed by atoms with Crippen LogP contribution in [0.5, 0.6) is 0 Å². The Bertz CT molecular complexity index is 3210. The van der Waals surface area contributed by atoms with Crippen molar-refractivity contribution < 1.29 is 9.59 Å². The average molecular weight is 889 g/mol. The summed E-state index contributed by atoms with van der Waals surface area (Å²) in [6.45, 7) is 9.40. The number of likely N-dealkylation sites (N-methyl/N-ethyl adjacent to an activating group) is 2. The van der Waals surface area contributed by atoms with Crippen LogP contribution in [0.4, 0.5) is 23.0 Å². The first-order chi connectivity index (χ1) is 32.2. The SMILES string of the molecule is CNC(=O)c1c(NC(C)Cc2ccc3nc4c(C(=O)NC)c(NC5CC5)c5cc(N6CCCN(C)CC6)nnc5n4c3c2)c2cc(N3CCCN(C)CC3)nnc2n2c1nc1ccccc12. The molecule has 3 aliphatic rings. The zero-order valence-corrected chi connectivity index (χ0v) is 38.2. The van der Waals surface area contributed by atoms with Gasteiger partial charge in [-0.05, 0) is 108 Å². The van der Waals surface area contributed by atoms with Gasteiger partial charge in [-0.25, -0.2) is 9.97 Å². The van der Waals surface area contributed by atoms with Gasteiger partial charge in [0.25, 0.3) is 11.8 Å². The second kappa shape index (κ2) is 16.8. The maximum absolute atomic E-state index is 14.1. The molecular formula is C48H56N16O2. The van der Waals surface area contributed by atoms with E-state index in [2.05, 4.69) is 86.2 Å². The summed E-state index contributed by atoms with van der Waals surface area (Å²) in [5, 5.41) is 34.4. The first kappa shape index (κ1) is 41.8. The molecule has 2 saturated heterocycles. The van der Waals surface area contributed by atoms with Gasteiger partial charge in [-0.15, -0.1) is 20.4 Å². The van der Waals surface area contributed by atoms with Crippen molar-refractivity contribution in [3.8, 4) is 0 Å². The van der Waals surface area contributed by atoms with Crippen LogP contribution in [0.1, 0.15) is 58.9 Å². The zero-order chi connectivity index (χ0) is 45.2. The molecule has 1 atom stereocenters. The lowest BCUT2D eigenvalue weighted by Crippen LogP contribution is -2.30. The molecule has 1 unspecified atom stereocenters. The Labute approximate surface area is 381 Å². The van der Waals surface area contributed by atoms with Gasteiger partial charge < -0.3 is 40.9 Å². The quantitative estimate of drug-likeness (QED) is 0.147. The Morgan fingerprint density at radius 1 is 0.636 bits per heavy atom. The van der Waals surface area contributed by atoms with E-state index in [0.29, 0.717) is 45.8 Å². The number of aromatic nitrogens is 8. The number of hydrogen-bond acceptors (Lipinski definition) is 14. The van der Waals surface area contributed by atoms with Crippen molar-refractivity contribution in [2.75, 3.05) is 101 Å². The summed E-state index contributed by atoms with van der Waals surface area (Å²) in [6, 6.07) is 18.4. The van der Waals surface area contributed by atoms with E-state index in [1.54, 1.807) is 14.1 Å².